The summed E-state index contributed by atoms with van der Waals surface area (Å²) in [6.45, 7) is 5.67. The Morgan fingerprint density at radius 2 is 1.84 bits per heavy atom. The van der Waals surface area contributed by atoms with Crippen LogP contribution in [0.3, 0.4) is 0 Å². The van der Waals surface area contributed by atoms with E-state index in [0.29, 0.717) is 25.4 Å². The molecule has 0 unspecified atom stereocenters. The summed E-state index contributed by atoms with van der Waals surface area (Å²) in [5, 5.41) is 10.2. The number of carbonyl (C=O) groups is 2. The molecule has 6 rings (SSSR count). The summed E-state index contributed by atoms with van der Waals surface area (Å²) in [6.07, 6.45) is 5.81. The van der Waals surface area contributed by atoms with Crippen LogP contribution >= 0.6 is 22.6 Å². The van der Waals surface area contributed by atoms with Gasteiger partial charge in [-0.2, -0.15) is 0 Å². The number of methoxy groups -OCH3 is 2. The lowest BCUT2D eigenvalue weighted by Gasteiger charge is -2.36. The fourth-order valence-corrected chi connectivity index (χ4v) is 8.51. The number of likely N-dealkylation sites (tertiary alicyclic amines) is 2. The zero-order chi connectivity index (χ0) is 31.7. The molecule has 0 radical (unpaired) electrons. The number of piperidine rings is 1. The van der Waals surface area contributed by atoms with Crippen molar-refractivity contribution in [3.63, 3.8) is 0 Å². The second-order valence-electron chi connectivity index (χ2n) is 12.9. The Bertz CT molecular complexity index is 1480. The summed E-state index contributed by atoms with van der Waals surface area (Å²) in [7, 11) is 3.24. The molecular weight excluding hydrogens is 683 g/mol. The third-order valence-corrected chi connectivity index (χ3v) is 10.8. The maximum absolute atomic E-state index is 14.1. The molecular formula is C36H43IN2O6. The van der Waals surface area contributed by atoms with Crippen LogP contribution in [0.5, 0.6) is 11.5 Å². The number of imide groups is 1. The highest BCUT2D eigenvalue weighted by atomic mass is 127. The molecule has 1 N–H and O–H groups in total. The second kappa shape index (κ2) is 13.9. The van der Waals surface area contributed by atoms with Gasteiger partial charge in [-0.3, -0.25) is 19.4 Å². The van der Waals surface area contributed by atoms with Gasteiger partial charge >= 0.3 is 0 Å². The molecule has 8 nitrogen and oxygen atoms in total. The molecule has 4 atom stereocenters. The van der Waals surface area contributed by atoms with Crippen LogP contribution in [-0.2, 0) is 25.6 Å². The molecule has 3 saturated heterocycles. The van der Waals surface area contributed by atoms with Gasteiger partial charge in [0.15, 0.2) is 11.5 Å². The molecule has 2 aromatic carbocycles. The lowest BCUT2D eigenvalue weighted by Crippen LogP contribution is -2.47. The van der Waals surface area contributed by atoms with E-state index in [9.17, 15) is 14.7 Å². The Labute approximate surface area is 279 Å². The quantitative estimate of drug-likeness (QED) is 0.188. The summed E-state index contributed by atoms with van der Waals surface area (Å²) in [6, 6.07) is 14.2. The van der Waals surface area contributed by atoms with E-state index in [-0.39, 0.29) is 47.5 Å². The third kappa shape index (κ3) is 6.59. The molecule has 4 aliphatic rings. The van der Waals surface area contributed by atoms with Crippen LogP contribution in [0.1, 0.15) is 50.2 Å². The summed E-state index contributed by atoms with van der Waals surface area (Å²) < 4.78 is 18.1. The Balaban J connectivity index is 1.13. The van der Waals surface area contributed by atoms with Gasteiger partial charge < -0.3 is 19.3 Å². The molecule has 1 aliphatic carbocycles. The van der Waals surface area contributed by atoms with E-state index in [4.69, 9.17) is 14.2 Å². The molecule has 3 aliphatic heterocycles. The molecule has 240 valence electrons. The van der Waals surface area contributed by atoms with Crippen molar-refractivity contribution < 1.29 is 28.9 Å². The molecule has 3 fully saturated rings. The SMILES string of the molecule is COCC1=C2[C@@H](CC/C(C)=C/c3cc(I)c(O)c(OC)c3)OC[C@@H]2[C@@H]2C(=O)N(C3CCN(Cc4ccccc4)CC3)C(=O)[C@@H]2C1. The topological polar surface area (TPSA) is 88.5 Å². The number of amides is 2. The van der Waals surface area contributed by atoms with E-state index in [1.807, 2.05) is 18.2 Å². The van der Waals surface area contributed by atoms with Crippen molar-refractivity contribution in [3.8, 4) is 11.5 Å². The number of phenolic OH excluding ortho intramolecular Hbond substituents is 1. The first-order chi connectivity index (χ1) is 21.8. The zero-order valence-corrected chi connectivity index (χ0v) is 28.5. The number of hydrogen-bond acceptors (Lipinski definition) is 7. The summed E-state index contributed by atoms with van der Waals surface area (Å²) >= 11 is 2.11. The number of benzene rings is 2. The molecule has 2 amide bonds. The highest BCUT2D eigenvalue weighted by molar-refractivity contribution is 14.1. The molecule has 0 bridgehead atoms. The van der Waals surface area contributed by atoms with Gasteiger partial charge in [0.05, 0.1) is 41.8 Å². The molecule has 3 heterocycles. The summed E-state index contributed by atoms with van der Waals surface area (Å²) in [4.78, 5) is 32.0. The van der Waals surface area contributed by atoms with E-state index in [0.717, 1.165) is 60.0 Å². The highest BCUT2D eigenvalue weighted by Gasteiger charge is 2.58. The molecule has 9 heteroatoms. The number of hydrogen-bond donors (Lipinski definition) is 1. The van der Waals surface area contributed by atoms with E-state index < -0.39 is 0 Å². The number of halogens is 1. The Hall–Kier alpha value is -2.73. The molecule has 0 spiro atoms. The minimum absolute atomic E-state index is 0.000323. The number of ether oxygens (including phenoxy) is 3. The van der Waals surface area contributed by atoms with Gasteiger partial charge in [-0.05, 0) is 96.0 Å². The van der Waals surface area contributed by atoms with Gasteiger partial charge in [-0.1, -0.05) is 42.0 Å². The Morgan fingerprint density at radius 3 is 2.56 bits per heavy atom. The van der Waals surface area contributed by atoms with Crippen LogP contribution in [0.15, 0.2) is 59.2 Å². The van der Waals surface area contributed by atoms with Crippen molar-refractivity contribution in [3.05, 3.63) is 73.9 Å². The highest BCUT2D eigenvalue weighted by Crippen LogP contribution is 2.50. The van der Waals surface area contributed by atoms with Gasteiger partial charge in [0.2, 0.25) is 11.8 Å². The van der Waals surface area contributed by atoms with Crippen molar-refractivity contribution in [1.82, 2.24) is 9.80 Å². The first-order valence-electron chi connectivity index (χ1n) is 16.0. The van der Waals surface area contributed by atoms with Gasteiger partial charge in [0.1, 0.15) is 0 Å². The number of aromatic hydroxyl groups is 1. The van der Waals surface area contributed by atoms with Crippen molar-refractivity contribution >= 4 is 40.5 Å². The predicted octanol–water partition coefficient (Wildman–Crippen LogP) is 5.82. The standard InChI is InChI=1S/C36H43IN2O6/c1-22(15-24-16-29(37)34(40)31(17-24)44-3)9-10-30-32-25(20-43-2)18-27-33(28(32)21-45-30)36(42)39(35(27)41)26-11-13-38(14-12-26)19-23-7-5-4-6-8-23/h4-8,15-17,26-28,30,33,40H,9-14,18-21H2,1-3H3/b22-15+/t27-,28+,30-,33-/m1/s1. The molecule has 2 aromatic rings. The number of nitrogens with zero attached hydrogens (tertiary/aromatic N) is 2. The van der Waals surface area contributed by atoms with E-state index in [1.54, 1.807) is 19.1 Å². The smallest absolute Gasteiger partial charge is 0.234 e. The molecule has 0 saturated carbocycles. The number of fused-ring (bicyclic) bond motifs is 3. The maximum atomic E-state index is 14.1. The molecule has 45 heavy (non-hydrogen) atoms. The van der Waals surface area contributed by atoms with Gasteiger partial charge in [0.25, 0.3) is 0 Å². The average Bonchev–Trinajstić information content (AvgIpc) is 3.57. The lowest BCUT2D eigenvalue weighted by molar-refractivity contribution is -0.144. The first kappa shape index (κ1) is 32.2. The Kier molecular flexibility index (Phi) is 9.99. The monoisotopic (exact) mass is 726 g/mol. The van der Waals surface area contributed by atoms with E-state index in [1.165, 1.54) is 16.7 Å². The van der Waals surface area contributed by atoms with Crippen LogP contribution in [-0.4, -0.2) is 79.4 Å². The predicted molar refractivity (Wildman–Crippen MR) is 181 cm³/mol. The van der Waals surface area contributed by atoms with E-state index >= 15 is 0 Å². The number of allylic oxidation sites excluding steroid dienone is 1. The van der Waals surface area contributed by atoms with E-state index in [2.05, 4.69) is 64.8 Å². The van der Waals surface area contributed by atoms with Gasteiger partial charge in [-0.15, -0.1) is 0 Å². The second-order valence-corrected chi connectivity index (χ2v) is 14.0. The fraction of sp³-hybridized carbons (Fsp3) is 0.500. The summed E-state index contributed by atoms with van der Waals surface area (Å²) in [5.41, 5.74) is 5.76. The number of rotatable bonds is 10. The maximum Gasteiger partial charge on any atom is 0.234 e. The first-order valence-corrected chi connectivity index (χ1v) is 17.1. The average molecular weight is 727 g/mol. The van der Waals surface area contributed by atoms with Crippen molar-refractivity contribution in [2.45, 2.75) is 57.7 Å². The van der Waals surface area contributed by atoms with Gasteiger partial charge in [0, 0.05) is 38.7 Å². The minimum Gasteiger partial charge on any atom is -0.504 e. The molecule has 0 aromatic heterocycles. The Morgan fingerprint density at radius 1 is 1.09 bits per heavy atom. The number of phenols is 1. The van der Waals surface area contributed by atoms with Crippen molar-refractivity contribution in [2.75, 3.05) is 40.5 Å². The zero-order valence-electron chi connectivity index (χ0n) is 26.3. The number of carbonyl (C=O) groups excluding carboxylic acids is 2. The summed E-state index contributed by atoms with van der Waals surface area (Å²) in [5.74, 6) is -0.138. The van der Waals surface area contributed by atoms with Crippen LogP contribution in [0.25, 0.3) is 6.08 Å². The van der Waals surface area contributed by atoms with Crippen molar-refractivity contribution in [1.29, 1.82) is 0 Å². The van der Waals surface area contributed by atoms with Gasteiger partial charge in [-0.25, -0.2) is 0 Å². The normalized spacial score (nSPS) is 26.0. The van der Waals surface area contributed by atoms with Crippen molar-refractivity contribution in [2.24, 2.45) is 17.8 Å². The van der Waals surface area contributed by atoms with Crippen LogP contribution in [0.2, 0.25) is 0 Å². The fourth-order valence-electron chi connectivity index (χ4n) is 7.89. The van der Waals surface area contributed by atoms with Crippen LogP contribution in [0, 0.1) is 21.3 Å². The van der Waals surface area contributed by atoms with Crippen LogP contribution < -0.4 is 4.74 Å². The minimum atomic E-state index is -0.344. The third-order valence-electron chi connectivity index (χ3n) is 10.0. The largest absolute Gasteiger partial charge is 0.504 e. The lowest BCUT2D eigenvalue weighted by atomic mass is 9.69. The van der Waals surface area contributed by atoms with Crippen LogP contribution in [0.4, 0.5) is 0 Å².